The van der Waals surface area contributed by atoms with Crippen LogP contribution in [0.2, 0.25) is 0 Å². The van der Waals surface area contributed by atoms with E-state index >= 15 is 0 Å². The molecule has 0 amide bonds. The third-order valence-corrected chi connectivity index (χ3v) is 2.63. The topological polar surface area (TPSA) is 66.0 Å². The monoisotopic (exact) mass is 292 g/mol. The van der Waals surface area contributed by atoms with Crippen molar-refractivity contribution in [3.8, 4) is 5.75 Å². The van der Waals surface area contributed by atoms with Crippen LogP contribution in [0.5, 0.6) is 5.75 Å². The van der Waals surface area contributed by atoms with Gasteiger partial charge in [-0.1, -0.05) is 15.9 Å². The number of aromatic hydroxyl groups is 1. The molecule has 0 saturated heterocycles. The highest BCUT2D eigenvalue weighted by atomic mass is 79.9. The van der Waals surface area contributed by atoms with Crippen molar-refractivity contribution < 1.29 is 9.90 Å². The number of allylic oxidation sites excluding steroid dienone is 1. The van der Waals surface area contributed by atoms with Crippen molar-refractivity contribution in [2.45, 2.75) is 0 Å². The maximum Gasteiger partial charge on any atom is 0.189 e. The van der Waals surface area contributed by atoms with Gasteiger partial charge in [0.1, 0.15) is 11.6 Å². The Hall–Kier alpha value is -1.88. The van der Waals surface area contributed by atoms with Crippen LogP contribution in [0.1, 0.15) is 16.2 Å². The second kappa shape index (κ2) is 4.97. The molecule has 2 N–H and O–H groups in total. The molecule has 0 aliphatic carbocycles. The number of carbonyl (C=O) groups is 1. The number of aromatic amines is 1. The summed E-state index contributed by atoms with van der Waals surface area (Å²) in [6.45, 7) is 0. The molecule has 0 aliphatic rings. The Labute approximate surface area is 106 Å². The van der Waals surface area contributed by atoms with Gasteiger partial charge in [0, 0.05) is 16.9 Å². The number of rotatable bonds is 3. The summed E-state index contributed by atoms with van der Waals surface area (Å²) in [5.74, 6) is 0.273. The minimum Gasteiger partial charge on any atom is -0.507 e. The summed E-state index contributed by atoms with van der Waals surface area (Å²) in [6.07, 6.45) is 6.19. The van der Waals surface area contributed by atoms with E-state index in [1.54, 1.807) is 30.6 Å². The predicted octanol–water partition coefficient (Wildman–Crippen LogP) is 2.77. The lowest BCUT2D eigenvalue weighted by Gasteiger charge is -2.00. The second-order valence-electron chi connectivity index (χ2n) is 3.33. The third-order valence-electron chi connectivity index (χ3n) is 2.14. The van der Waals surface area contributed by atoms with Crippen LogP contribution in [0.25, 0.3) is 6.08 Å². The van der Waals surface area contributed by atoms with Gasteiger partial charge >= 0.3 is 0 Å². The summed E-state index contributed by atoms with van der Waals surface area (Å²) in [5, 5.41) is 9.61. The molecule has 0 saturated carbocycles. The van der Waals surface area contributed by atoms with E-state index in [1.165, 1.54) is 12.1 Å². The number of phenolic OH excluding ortho intramolecular Hbond substituents is 1. The summed E-state index contributed by atoms with van der Waals surface area (Å²) in [4.78, 5) is 18.6. The van der Waals surface area contributed by atoms with Gasteiger partial charge in [0.05, 0.1) is 5.56 Å². The molecule has 1 aromatic heterocycles. The van der Waals surface area contributed by atoms with Crippen molar-refractivity contribution >= 4 is 27.8 Å². The van der Waals surface area contributed by atoms with Crippen LogP contribution in [-0.2, 0) is 0 Å². The molecule has 17 heavy (non-hydrogen) atoms. The van der Waals surface area contributed by atoms with Gasteiger partial charge in [0.15, 0.2) is 5.78 Å². The number of phenols is 1. The first-order chi connectivity index (χ1) is 8.16. The van der Waals surface area contributed by atoms with Crippen molar-refractivity contribution in [3.63, 3.8) is 0 Å². The summed E-state index contributed by atoms with van der Waals surface area (Å²) >= 11 is 3.21. The average molecular weight is 293 g/mol. The number of H-pyrrole nitrogens is 1. The van der Waals surface area contributed by atoms with E-state index in [0.717, 1.165) is 4.47 Å². The number of nitrogens with zero attached hydrogens (tertiary/aromatic N) is 1. The zero-order chi connectivity index (χ0) is 12.3. The van der Waals surface area contributed by atoms with Crippen LogP contribution in [0, 0.1) is 0 Å². The number of hydrogen-bond donors (Lipinski definition) is 2. The van der Waals surface area contributed by atoms with Crippen molar-refractivity contribution in [1.29, 1.82) is 0 Å². The summed E-state index contributed by atoms with van der Waals surface area (Å²) < 4.78 is 0.724. The Kier molecular flexibility index (Phi) is 3.39. The minimum absolute atomic E-state index is 0.0477. The van der Waals surface area contributed by atoms with Crippen molar-refractivity contribution in [3.05, 3.63) is 52.5 Å². The molecule has 4 nitrogen and oxygen atoms in total. The molecule has 0 spiro atoms. The number of ketones is 1. The molecule has 2 aromatic rings. The van der Waals surface area contributed by atoms with Crippen LogP contribution in [0.3, 0.4) is 0 Å². The normalized spacial score (nSPS) is 10.9. The highest BCUT2D eigenvalue weighted by molar-refractivity contribution is 9.10. The quantitative estimate of drug-likeness (QED) is 0.675. The maximum atomic E-state index is 11.8. The lowest BCUT2D eigenvalue weighted by atomic mass is 10.1. The summed E-state index contributed by atoms with van der Waals surface area (Å²) in [7, 11) is 0. The fraction of sp³-hybridized carbons (Fsp3) is 0. The average Bonchev–Trinajstić information content (AvgIpc) is 2.78. The van der Waals surface area contributed by atoms with E-state index in [1.807, 2.05) is 0 Å². The lowest BCUT2D eigenvalue weighted by Crippen LogP contribution is -1.94. The first-order valence-electron chi connectivity index (χ1n) is 4.87. The second-order valence-corrected chi connectivity index (χ2v) is 4.25. The van der Waals surface area contributed by atoms with Crippen LogP contribution < -0.4 is 0 Å². The molecular formula is C12H9BrN2O2. The molecule has 0 fully saturated rings. The molecule has 0 aliphatic heterocycles. The summed E-state index contributed by atoms with van der Waals surface area (Å²) in [5.41, 5.74) is 0.260. The molecule has 0 bridgehead atoms. The molecule has 0 radical (unpaired) electrons. The number of aromatic nitrogens is 2. The van der Waals surface area contributed by atoms with E-state index in [-0.39, 0.29) is 17.1 Å². The molecule has 2 rings (SSSR count). The standard InChI is InChI=1S/C12H9BrN2O2/c13-8-1-2-9(11(17)7-8)10(16)3-4-12-14-5-6-15-12/h1-7,17H,(H,14,15)/b4-3+. The zero-order valence-corrected chi connectivity index (χ0v) is 10.3. The molecule has 86 valence electrons. The molecule has 1 heterocycles. The highest BCUT2D eigenvalue weighted by Gasteiger charge is 2.08. The number of hydrogen-bond acceptors (Lipinski definition) is 3. The fourth-order valence-corrected chi connectivity index (χ4v) is 1.68. The predicted molar refractivity (Wildman–Crippen MR) is 67.8 cm³/mol. The minimum atomic E-state index is -0.272. The summed E-state index contributed by atoms with van der Waals surface area (Å²) in [6, 6.07) is 4.75. The Balaban J connectivity index is 2.20. The fourth-order valence-electron chi connectivity index (χ4n) is 1.33. The highest BCUT2D eigenvalue weighted by Crippen LogP contribution is 2.22. The van der Waals surface area contributed by atoms with E-state index in [2.05, 4.69) is 25.9 Å². The van der Waals surface area contributed by atoms with E-state index in [0.29, 0.717) is 5.82 Å². The molecule has 0 unspecified atom stereocenters. The molecular weight excluding hydrogens is 284 g/mol. The van der Waals surface area contributed by atoms with Crippen LogP contribution in [0.4, 0.5) is 0 Å². The first kappa shape index (κ1) is 11.6. The zero-order valence-electron chi connectivity index (χ0n) is 8.72. The van der Waals surface area contributed by atoms with E-state index < -0.39 is 0 Å². The van der Waals surface area contributed by atoms with Crippen molar-refractivity contribution in [2.24, 2.45) is 0 Å². The van der Waals surface area contributed by atoms with Gasteiger partial charge in [-0.2, -0.15) is 0 Å². The molecule has 1 aromatic carbocycles. The van der Waals surface area contributed by atoms with Crippen LogP contribution >= 0.6 is 15.9 Å². The third kappa shape index (κ3) is 2.82. The van der Waals surface area contributed by atoms with E-state index in [9.17, 15) is 9.90 Å². The first-order valence-corrected chi connectivity index (χ1v) is 5.66. The number of carbonyl (C=O) groups excluding carboxylic acids is 1. The largest absolute Gasteiger partial charge is 0.507 e. The van der Waals surface area contributed by atoms with E-state index in [4.69, 9.17) is 0 Å². The Morgan fingerprint density at radius 3 is 2.94 bits per heavy atom. The van der Waals surface area contributed by atoms with Gasteiger partial charge in [-0.3, -0.25) is 4.79 Å². The Morgan fingerprint density at radius 1 is 1.47 bits per heavy atom. The van der Waals surface area contributed by atoms with Gasteiger partial charge in [0.2, 0.25) is 0 Å². The van der Waals surface area contributed by atoms with Crippen molar-refractivity contribution in [1.82, 2.24) is 9.97 Å². The van der Waals surface area contributed by atoms with Crippen LogP contribution in [0.15, 0.2) is 41.1 Å². The maximum absolute atomic E-state index is 11.8. The van der Waals surface area contributed by atoms with Gasteiger partial charge in [0.25, 0.3) is 0 Å². The smallest absolute Gasteiger partial charge is 0.189 e. The number of benzene rings is 1. The molecule has 5 heteroatoms. The SMILES string of the molecule is O=C(/C=C/c1ncc[nH]1)c1ccc(Br)cc1O. The van der Waals surface area contributed by atoms with Crippen LogP contribution in [-0.4, -0.2) is 20.9 Å². The molecule has 0 atom stereocenters. The van der Waals surface area contributed by atoms with Gasteiger partial charge < -0.3 is 10.1 Å². The van der Waals surface area contributed by atoms with Crippen molar-refractivity contribution in [2.75, 3.05) is 0 Å². The Bertz CT molecular complexity index is 562. The van der Waals surface area contributed by atoms with Gasteiger partial charge in [-0.25, -0.2) is 4.98 Å². The number of nitrogens with one attached hydrogen (secondary N) is 1. The Morgan fingerprint density at radius 2 is 2.29 bits per heavy atom. The van der Waals surface area contributed by atoms with Gasteiger partial charge in [-0.15, -0.1) is 0 Å². The number of imidazole rings is 1. The lowest BCUT2D eigenvalue weighted by molar-refractivity contribution is 0.104. The number of halogens is 1. The van der Waals surface area contributed by atoms with Gasteiger partial charge in [-0.05, 0) is 30.4 Å².